The van der Waals surface area contributed by atoms with Crippen LogP contribution in [0.1, 0.15) is 23.1 Å². The van der Waals surface area contributed by atoms with Crippen molar-refractivity contribution in [1.29, 1.82) is 0 Å². The van der Waals surface area contributed by atoms with Crippen LogP contribution in [-0.2, 0) is 6.42 Å². The van der Waals surface area contributed by atoms with E-state index in [9.17, 15) is 5.11 Å². The van der Waals surface area contributed by atoms with Crippen molar-refractivity contribution in [2.24, 2.45) is 0 Å². The zero-order chi connectivity index (χ0) is 13.0. The molecule has 4 heteroatoms. The number of aromatic nitrogens is 2. The molecule has 18 heavy (non-hydrogen) atoms. The van der Waals surface area contributed by atoms with Gasteiger partial charge in [-0.2, -0.15) is 0 Å². The molecule has 0 aliphatic rings. The zero-order valence-corrected chi connectivity index (χ0v) is 10.6. The van der Waals surface area contributed by atoms with Gasteiger partial charge in [0, 0.05) is 6.20 Å². The lowest BCUT2D eigenvalue weighted by atomic mass is 10.0. The minimum Gasteiger partial charge on any atom is -0.508 e. The number of rotatable bonds is 4. The van der Waals surface area contributed by atoms with Gasteiger partial charge >= 0.3 is 0 Å². The van der Waals surface area contributed by atoms with Crippen LogP contribution in [0, 0.1) is 6.92 Å². The lowest BCUT2D eigenvalue weighted by Gasteiger charge is -2.16. The Balaban J connectivity index is 2.19. The zero-order valence-electron chi connectivity index (χ0n) is 10.6. The highest BCUT2D eigenvalue weighted by atomic mass is 16.3. The average molecular weight is 243 g/mol. The first kappa shape index (κ1) is 12.5. The molecule has 2 rings (SSSR count). The monoisotopic (exact) mass is 243 g/mol. The summed E-state index contributed by atoms with van der Waals surface area (Å²) < 4.78 is 0. The maximum absolute atomic E-state index is 9.47. The third kappa shape index (κ3) is 3.05. The molecule has 0 radical (unpaired) electrons. The molecule has 1 aromatic carbocycles. The standard InChI is InChI=1S/C14H17N3O/c1-10-16-7-6-13(17-10)14(15-2)9-11-4-3-5-12(18)8-11/h3-8,14-15,18H,9H2,1-2H3. The molecule has 1 aromatic heterocycles. The van der Waals surface area contributed by atoms with Crippen molar-refractivity contribution in [3.8, 4) is 5.75 Å². The van der Waals surface area contributed by atoms with Crippen LogP contribution in [0.4, 0.5) is 0 Å². The van der Waals surface area contributed by atoms with Gasteiger partial charge in [-0.05, 0) is 44.2 Å². The summed E-state index contributed by atoms with van der Waals surface area (Å²) in [5.74, 6) is 1.06. The number of phenols is 1. The lowest BCUT2D eigenvalue weighted by molar-refractivity contribution is 0.473. The van der Waals surface area contributed by atoms with Crippen LogP contribution >= 0.6 is 0 Å². The molecular weight excluding hydrogens is 226 g/mol. The molecule has 1 atom stereocenters. The Morgan fingerprint density at radius 2 is 2.17 bits per heavy atom. The number of nitrogens with zero attached hydrogens (tertiary/aromatic N) is 2. The normalized spacial score (nSPS) is 12.3. The Kier molecular flexibility index (Phi) is 3.89. The van der Waals surface area contributed by atoms with Gasteiger partial charge in [0.1, 0.15) is 11.6 Å². The van der Waals surface area contributed by atoms with E-state index in [4.69, 9.17) is 0 Å². The van der Waals surface area contributed by atoms with Crippen molar-refractivity contribution in [3.63, 3.8) is 0 Å². The molecule has 0 fully saturated rings. The number of phenolic OH excluding ortho intramolecular Hbond substituents is 1. The van der Waals surface area contributed by atoms with Crippen LogP contribution in [0.5, 0.6) is 5.75 Å². The van der Waals surface area contributed by atoms with E-state index in [-0.39, 0.29) is 6.04 Å². The van der Waals surface area contributed by atoms with Crippen LogP contribution in [0.2, 0.25) is 0 Å². The van der Waals surface area contributed by atoms with Crippen molar-refractivity contribution in [3.05, 3.63) is 53.6 Å². The summed E-state index contributed by atoms with van der Waals surface area (Å²) in [6, 6.07) is 9.33. The van der Waals surface area contributed by atoms with Gasteiger partial charge < -0.3 is 10.4 Å². The summed E-state index contributed by atoms with van der Waals surface area (Å²) in [5, 5.41) is 12.7. The first-order valence-electron chi connectivity index (χ1n) is 5.94. The number of hydrogen-bond donors (Lipinski definition) is 2. The third-order valence-corrected chi connectivity index (χ3v) is 2.85. The predicted molar refractivity (Wildman–Crippen MR) is 70.4 cm³/mol. The second-order valence-electron chi connectivity index (χ2n) is 4.24. The molecule has 0 aliphatic heterocycles. The SMILES string of the molecule is CNC(Cc1cccc(O)c1)c1ccnc(C)n1. The highest BCUT2D eigenvalue weighted by molar-refractivity contribution is 5.28. The lowest BCUT2D eigenvalue weighted by Crippen LogP contribution is -2.20. The Labute approximate surface area is 107 Å². The molecule has 94 valence electrons. The van der Waals surface area contributed by atoms with Crippen molar-refractivity contribution < 1.29 is 5.11 Å². The average Bonchev–Trinajstić information content (AvgIpc) is 2.36. The van der Waals surface area contributed by atoms with Crippen LogP contribution < -0.4 is 5.32 Å². The van der Waals surface area contributed by atoms with Crippen LogP contribution in [0.3, 0.4) is 0 Å². The first-order chi connectivity index (χ1) is 8.69. The maximum Gasteiger partial charge on any atom is 0.125 e. The minimum atomic E-state index is 0.119. The fourth-order valence-corrected chi connectivity index (χ4v) is 1.94. The van der Waals surface area contributed by atoms with Gasteiger partial charge in [0.05, 0.1) is 11.7 Å². The number of hydrogen-bond acceptors (Lipinski definition) is 4. The second-order valence-corrected chi connectivity index (χ2v) is 4.24. The highest BCUT2D eigenvalue weighted by Crippen LogP contribution is 2.19. The molecule has 0 aliphatic carbocycles. The molecule has 0 amide bonds. The second kappa shape index (κ2) is 5.60. The van der Waals surface area contributed by atoms with E-state index in [2.05, 4.69) is 15.3 Å². The number of aryl methyl sites for hydroxylation is 1. The Bertz CT molecular complexity index is 528. The summed E-state index contributed by atoms with van der Waals surface area (Å²) in [6.45, 7) is 1.88. The minimum absolute atomic E-state index is 0.119. The van der Waals surface area contributed by atoms with E-state index in [1.54, 1.807) is 18.3 Å². The molecule has 1 unspecified atom stereocenters. The number of aromatic hydroxyl groups is 1. The molecule has 4 nitrogen and oxygen atoms in total. The van der Waals surface area contributed by atoms with Crippen LogP contribution in [0.25, 0.3) is 0 Å². The molecule has 0 bridgehead atoms. The fourth-order valence-electron chi connectivity index (χ4n) is 1.94. The Morgan fingerprint density at radius 3 is 2.83 bits per heavy atom. The van der Waals surface area contributed by atoms with Gasteiger partial charge in [0.2, 0.25) is 0 Å². The number of likely N-dealkylation sites (N-methyl/N-ethyl adjacent to an activating group) is 1. The highest BCUT2D eigenvalue weighted by Gasteiger charge is 2.12. The van der Waals surface area contributed by atoms with Gasteiger partial charge in [0.25, 0.3) is 0 Å². The van der Waals surface area contributed by atoms with Gasteiger partial charge in [-0.3, -0.25) is 0 Å². The molecule has 0 saturated carbocycles. The van der Waals surface area contributed by atoms with Crippen molar-refractivity contribution >= 4 is 0 Å². The summed E-state index contributed by atoms with van der Waals surface area (Å²) in [5.41, 5.74) is 2.04. The largest absolute Gasteiger partial charge is 0.508 e. The number of benzene rings is 1. The van der Waals surface area contributed by atoms with Crippen LogP contribution in [-0.4, -0.2) is 22.1 Å². The summed E-state index contributed by atoms with van der Waals surface area (Å²) in [4.78, 5) is 8.53. The number of nitrogens with one attached hydrogen (secondary N) is 1. The molecule has 2 N–H and O–H groups in total. The van der Waals surface area contributed by atoms with E-state index in [1.807, 2.05) is 32.2 Å². The fraction of sp³-hybridized carbons (Fsp3) is 0.286. The topological polar surface area (TPSA) is 58.0 Å². The van der Waals surface area contributed by atoms with E-state index < -0.39 is 0 Å². The third-order valence-electron chi connectivity index (χ3n) is 2.85. The Hall–Kier alpha value is -1.94. The van der Waals surface area contributed by atoms with Gasteiger partial charge in [-0.15, -0.1) is 0 Å². The summed E-state index contributed by atoms with van der Waals surface area (Å²) in [7, 11) is 1.91. The first-order valence-corrected chi connectivity index (χ1v) is 5.94. The van der Waals surface area contributed by atoms with Crippen molar-refractivity contribution in [2.75, 3.05) is 7.05 Å². The van der Waals surface area contributed by atoms with Gasteiger partial charge in [-0.1, -0.05) is 12.1 Å². The molecular formula is C14H17N3O. The van der Waals surface area contributed by atoms with Crippen molar-refractivity contribution in [2.45, 2.75) is 19.4 Å². The summed E-state index contributed by atoms with van der Waals surface area (Å²) >= 11 is 0. The van der Waals surface area contributed by atoms with Crippen LogP contribution in [0.15, 0.2) is 36.5 Å². The maximum atomic E-state index is 9.47. The summed E-state index contributed by atoms with van der Waals surface area (Å²) in [6.07, 6.45) is 2.55. The molecule has 0 saturated heterocycles. The van der Waals surface area contributed by atoms with E-state index in [1.165, 1.54) is 0 Å². The molecule has 2 aromatic rings. The van der Waals surface area contributed by atoms with Gasteiger partial charge in [-0.25, -0.2) is 9.97 Å². The van der Waals surface area contributed by atoms with E-state index >= 15 is 0 Å². The van der Waals surface area contributed by atoms with E-state index in [0.717, 1.165) is 23.5 Å². The Morgan fingerprint density at radius 1 is 1.33 bits per heavy atom. The van der Waals surface area contributed by atoms with Gasteiger partial charge in [0.15, 0.2) is 0 Å². The smallest absolute Gasteiger partial charge is 0.125 e. The van der Waals surface area contributed by atoms with E-state index in [0.29, 0.717) is 5.75 Å². The molecule has 1 heterocycles. The van der Waals surface area contributed by atoms with Crippen molar-refractivity contribution in [1.82, 2.24) is 15.3 Å². The molecule has 0 spiro atoms. The quantitative estimate of drug-likeness (QED) is 0.862. The predicted octanol–water partition coefficient (Wildman–Crippen LogP) is 1.99.